The van der Waals surface area contributed by atoms with E-state index in [1.54, 1.807) is 24.7 Å². The molecule has 9 heteroatoms. The van der Waals surface area contributed by atoms with Crippen molar-refractivity contribution in [1.82, 2.24) is 9.97 Å². The number of benzene rings is 1. The lowest BCUT2D eigenvalue weighted by Gasteiger charge is -2.20. The number of carbonyl (C=O) groups excluding carboxylic acids is 1. The van der Waals surface area contributed by atoms with Crippen LogP contribution >= 0.6 is 11.3 Å². The number of carbonyl (C=O) groups is 1. The first kappa shape index (κ1) is 19.8. The van der Waals surface area contributed by atoms with Crippen LogP contribution < -0.4 is 9.64 Å². The summed E-state index contributed by atoms with van der Waals surface area (Å²) in [7, 11) is 1.57. The fraction of sp³-hybridized carbons (Fsp3) is 0.211. The second-order valence-electron chi connectivity index (χ2n) is 5.91. The standard InChI is InChI=1S/C19H16F3N3O2S/c1-12(27-14-8-6-13(7-9-14)19(20,21)22)17(26)25(2)18-24-16(11-28-18)15-5-3-4-10-23-15/h3-12H,1-2H3. The van der Waals surface area contributed by atoms with Crippen molar-refractivity contribution < 1.29 is 22.7 Å². The van der Waals surface area contributed by atoms with Gasteiger partial charge in [0.2, 0.25) is 0 Å². The van der Waals surface area contributed by atoms with Crippen molar-refractivity contribution in [3.8, 4) is 17.1 Å². The molecule has 146 valence electrons. The van der Waals surface area contributed by atoms with Crippen molar-refractivity contribution in [1.29, 1.82) is 0 Å². The van der Waals surface area contributed by atoms with Crippen LogP contribution in [0, 0.1) is 0 Å². The second-order valence-corrected chi connectivity index (χ2v) is 6.75. The van der Waals surface area contributed by atoms with Crippen LogP contribution in [0.1, 0.15) is 12.5 Å². The number of rotatable bonds is 5. The Morgan fingerprint density at radius 1 is 1.14 bits per heavy atom. The molecule has 1 amide bonds. The van der Waals surface area contributed by atoms with Gasteiger partial charge in [-0.25, -0.2) is 4.98 Å². The quantitative estimate of drug-likeness (QED) is 0.618. The van der Waals surface area contributed by atoms with Gasteiger partial charge in [0.15, 0.2) is 11.2 Å². The molecule has 0 saturated carbocycles. The third-order valence-corrected chi connectivity index (χ3v) is 4.80. The maximum Gasteiger partial charge on any atom is 0.416 e. The highest BCUT2D eigenvalue weighted by molar-refractivity contribution is 7.14. The van der Waals surface area contributed by atoms with Crippen LogP contribution in [0.3, 0.4) is 0 Å². The highest BCUT2D eigenvalue weighted by atomic mass is 32.1. The van der Waals surface area contributed by atoms with Gasteiger partial charge in [0.05, 0.1) is 11.3 Å². The SMILES string of the molecule is CC(Oc1ccc(C(F)(F)F)cc1)C(=O)N(C)c1nc(-c2ccccn2)cs1. The maximum atomic E-state index is 12.6. The second kappa shape index (κ2) is 7.97. The van der Waals surface area contributed by atoms with Gasteiger partial charge in [0.1, 0.15) is 11.4 Å². The summed E-state index contributed by atoms with van der Waals surface area (Å²) < 4.78 is 43.3. The maximum absolute atomic E-state index is 12.6. The molecular weight excluding hydrogens is 391 g/mol. The molecule has 0 aliphatic heterocycles. The molecule has 1 aromatic carbocycles. The van der Waals surface area contributed by atoms with Crippen molar-refractivity contribution >= 4 is 22.4 Å². The fourth-order valence-corrected chi connectivity index (χ4v) is 3.18. The van der Waals surface area contributed by atoms with E-state index in [1.807, 2.05) is 12.1 Å². The Hall–Kier alpha value is -2.94. The van der Waals surface area contributed by atoms with Gasteiger partial charge < -0.3 is 4.74 Å². The van der Waals surface area contributed by atoms with E-state index in [9.17, 15) is 18.0 Å². The molecule has 2 aromatic heterocycles. The fourth-order valence-electron chi connectivity index (χ4n) is 2.39. The van der Waals surface area contributed by atoms with Crippen LogP contribution in [-0.2, 0) is 11.0 Å². The van der Waals surface area contributed by atoms with Crippen molar-refractivity contribution in [2.75, 3.05) is 11.9 Å². The smallest absolute Gasteiger partial charge is 0.416 e. The molecule has 0 aliphatic rings. The van der Waals surface area contributed by atoms with Gasteiger partial charge >= 0.3 is 6.18 Å². The first-order chi connectivity index (χ1) is 13.3. The minimum Gasteiger partial charge on any atom is -0.481 e. The van der Waals surface area contributed by atoms with Crippen LogP contribution in [0.5, 0.6) is 5.75 Å². The molecule has 0 spiro atoms. The molecule has 0 saturated heterocycles. The van der Waals surface area contributed by atoms with Crippen LogP contribution in [-0.4, -0.2) is 29.0 Å². The summed E-state index contributed by atoms with van der Waals surface area (Å²) in [5, 5.41) is 2.26. The van der Waals surface area contributed by atoms with Crippen molar-refractivity contribution in [2.24, 2.45) is 0 Å². The Balaban J connectivity index is 1.67. The molecule has 1 atom stereocenters. The first-order valence-corrected chi connectivity index (χ1v) is 9.12. The predicted octanol–water partition coefficient (Wildman–Crippen LogP) is 4.65. The van der Waals surface area contributed by atoms with E-state index in [2.05, 4.69) is 9.97 Å². The van der Waals surface area contributed by atoms with Gasteiger partial charge in [-0.1, -0.05) is 6.07 Å². The zero-order chi connectivity index (χ0) is 20.3. The third-order valence-electron chi connectivity index (χ3n) is 3.88. The Morgan fingerprint density at radius 2 is 1.86 bits per heavy atom. The van der Waals surface area contributed by atoms with Gasteiger partial charge in [-0.05, 0) is 43.3 Å². The molecule has 5 nitrogen and oxygen atoms in total. The Bertz CT molecular complexity index is 943. The lowest BCUT2D eigenvalue weighted by Crippen LogP contribution is -2.38. The summed E-state index contributed by atoms with van der Waals surface area (Å²) in [6, 6.07) is 9.66. The zero-order valence-corrected chi connectivity index (χ0v) is 15.8. The minimum atomic E-state index is -4.42. The number of likely N-dealkylation sites (N-methyl/N-ethyl adjacent to an activating group) is 1. The number of pyridine rings is 1. The summed E-state index contributed by atoms with van der Waals surface area (Å²) in [4.78, 5) is 22.6. The molecule has 1 unspecified atom stereocenters. The van der Waals surface area contributed by atoms with E-state index in [-0.39, 0.29) is 11.7 Å². The van der Waals surface area contributed by atoms with Gasteiger partial charge in [-0.2, -0.15) is 13.2 Å². The lowest BCUT2D eigenvalue weighted by atomic mass is 10.2. The molecule has 2 heterocycles. The lowest BCUT2D eigenvalue weighted by molar-refractivity contribution is -0.137. The number of alkyl halides is 3. The van der Waals surface area contributed by atoms with Crippen LogP contribution in [0.4, 0.5) is 18.3 Å². The molecule has 3 aromatic rings. The Kier molecular flexibility index (Phi) is 5.64. The van der Waals surface area contributed by atoms with E-state index < -0.39 is 17.8 Å². The summed E-state index contributed by atoms with van der Waals surface area (Å²) in [6.45, 7) is 1.53. The zero-order valence-electron chi connectivity index (χ0n) is 15.0. The van der Waals surface area contributed by atoms with E-state index in [0.29, 0.717) is 16.5 Å². The minimum absolute atomic E-state index is 0.176. The number of hydrogen-bond acceptors (Lipinski definition) is 5. The van der Waals surface area contributed by atoms with E-state index in [1.165, 1.54) is 35.3 Å². The summed E-state index contributed by atoms with van der Waals surface area (Å²) in [6.07, 6.45) is -3.66. The van der Waals surface area contributed by atoms with Gasteiger partial charge in [0, 0.05) is 18.6 Å². The number of ether oxygens (including phenoxy) is 1. The van der Waals surface area contributed by atoms with E-state index >= 15 is 0 Å². The van der Waals surface area contributed by atoms with Gasteiger partial charge in [0.25, 0.3) is 5.91 Å². The third kappa shape index (κ3) is 4.48. The number of thiazole rings is 1. The van der Waals surface area contributed by atoms with Crippen LogP contribution in [0.25, 0.3) is 11.4 Å². The van der Waals surface area contributed by atoms with Crippen molar-refractivity contribution in [3.05, 3.63) is 59.6 Å². The molecular formula is C19H16F3N3O2S. The number of hydrogen-bond donors (Lipinski definition) is 0. The molecule has 3 rings (SSSR count). The topological polar surface area (TPSA) is 55.3 Å². The summed E-state index contributed by atoms with van der Waals surface area (Å²) >= 11 is 1.28. The largest absolute Gasteiger partial charge is 0.481 e. The average Bonchev–Trinajstić information content (AvgIpc) is 3.17. The average molecular weight is 407 g/mol. The van der Waals surface area contributed by atoms with Crippen LogP contribution in [0.2, 0.25) is 0 Å². The number of amides is 1. The Labute approximate surface area is 163 Å². The predicted molar refractivity (Wildman–Crippen MR) is 100 cm³/mol. The number of nitrogens with zero attached hydrogens (tertiary/aromatic N) is 3. The van der Waals surface area contributed by atoms with Crippen LogP contribution in [0.15, 0.2) is 54.0 Å². The van der Waals surface area contributed by atoms with E-state index in [4.69, 9.17) is 4.74 Å². The number of halogens is 3. The molecule has 0 fully saturated rings. The molecule has 0 aliphatic carbocycles. The number of aromatic nitrogens is 2. The first-order valence-electron chi connectivity index (χ1n) is 8.24. The summed E-state index contributed by atoms with van der Waals surface area (Å²) in [5.41, 5.74) is 0.567. The molecule has 0 radical (unpaired) electrons. The van der Waals surface area contributed by atoms with Crippen molar-refractivity contribution in [3.63, 3.8) is 0 Å². The van der Waals surface area contributed by atoms with Gasteiger partial charge in [-0.3, -0.25) is 14.7 Å². The highest BCUT2D eigenvalue weighted by Gasteiger charge is 2.30. The normalized spacial score (nSPS) is 12.5. The number of anilines is 1. The molecule has 0 N–H and O–H groups in total. The summed E-state index contributed by atoms with van der Waals surface area (Å²) in [5.74, 6) is -0.197. The molecule has 0 bridgehead atoms. The highest BCUT2D eigenvalue weighted by Crippen LogP contribution is 2.31. The molecule has 28 heavy (non-hydrogen) atoms. The van der Waals surface area contributed by atoms with Crippen molar-refractivity contribution in [2.45, 2.75) is 19.2 Å². The Morgan fingerprint density at radius 3 is 2.46 bits per heavy atom. The van der Waals surface area contributed by atoms with E-state index in [0.717, 1.165) is 12.1 Å². The van der Waals surface area contributed by atoms with Gasteiger partial charge in [-0.15, -0.1) is 11.3 Å². The monoisotopic (exact) mass is 407 g/mol.